The van der Waals surface area contributed by atoms with Gasteiger partial charge < -0.3 is 14.2 Å². The van der Waals surface area contributed by atoms with E-state index in [1.165, 1.54) is 30.3 Å². The minimum Gasteiger partial charge on any atom is -0.421 e. The van der Waals surface area contributed by atoms with Crippen molar-refractivity contribution in [3.63, 3.8) is 0 Å². The molecule has 3 aromatic carbocycles. The molecule has 17 heteroatoms. The van der Waals surface area contributed by atoms with E-state index < -0.39 is 74.8 Å². The van der Waals surface area contributed by atoms with Crippen molar-refractivity contribution in [3.05, 3.63) is 84.4 Å². The predicted octanol–water partition coefficient (Wildman–Crippen LogP) is 6.29. The third-order valence-electron chi connectivity index (χ3n) is 6.38. The Hall–Kier alpha value is -3.25. The lowest BCUT2D eigenvalue weighted by molar-refractivity contribution is -0.387. The third-order valence-corrected chi connectivity index (χ3v) is 9.41. The molecule has 0 spiro atoms. The molecule has 1 aliphatic rings. The zero-order chi connectivity index (χ0) is 32.8. The highest BCUT2D eigenvalue weighted by Gasteiger charge is 2.73. The van der Waals surface area contributed by atoms with Gasteiger partial charge in [0.25, 0.3) is 0 Å². The van der Waals surface area contributed by atoms with E-state index in [-0.39, 0.29) is 5.56 Å². The average molecular weight is 674 g/mol. The number of hydrogen-bond donors (Lipinski definition) is 1. The fourth-order valence-corrected chi connectivity index (χ4v) is 6.27. The van der Waals surface area contributed by atoms with E-state index in [4.69, 9.17) is 14.0 Å². The van der Waals surface area contributed by atoms with Crippen LogP contribution in [0, 0.1) is 0 Å². The fourth-order valence-electron chi connectivity index (χ4n) is 3.90. The van der Waals surface area contributed by atoms with Crippen molar-refractivity contribution in [3.8, 4) is 5.75 Å². The summed E-state index contributed by atoms with van der Waals surface area (Å²) in [5.41, 5.74) is -0.0711. The summed E-state index contributed by atoms with van der Waals surface area (Å²) in [7, 11) is -7.21. The molecule has 0 saturated carbocycles. The zero-order valence-electron chi connectivity index (χ0n) is 22.2. The van der Waals surface area contributed by atoms with Crippen molar-refractivity contribution < 1.29 is 67.1 Å². The van der Waals surface area contributed by atoms with E-state index in [1.807, 2.05) is 0 Å². The molecule has 1 atom stereocenters. The maximum absolute atomic E-state index is 14.1. The Labute approximate surface area is 247 Å². The topological polar surface area (TPSA) is 99.1 Å². The molecule has 44 heavy (non-hydrogen) atoms. The first kappa shape index (κ1) is 33.6. The van der Waals surface area contributed by atoms with Gasteiger partial charge in [0.05, 0.1) is 10.9 Å². The molecule has 3 aromatic rings. The summed E-state index contributed by atoms with van der Waals surface area (Å²) in [6.45, 7) is -3.15. The summed E-state index contributed by atoms with van der Waals surface area (Å²) >= 11 is 0. The molecule has 1 fully saturated rings. The van der Waals surface area contributed by atoms with Gasteiger partial charge in [-0.2, -0.15) is 43.5 Å². The number of benzene rings is 3. The van der Waals surface area contributed by atoms with E-state index in [1.54, 1.807) is 36.4 Å². The van der Waals surface area contributed by atoms with Crippen LogP contribution in [-0.2, 0) is 41.1 Å². The Morgan fingerprint density at radius 2 is 1.32 bits per heavy atom. The van der Waals surface area contributed by atoms with Gasteiger partial charge in [0.15, 0.2) is 20.5 Å². The number of carbonyl (C=O) groups excluding carboxylic acids is 1. The molecule has 0 bridgehead atoms. The Morgan fingerprint density at radius 1 is 0.818 bits per heavy atom. The van der Waals surface area contributed by atoms with Crippen LogP contribution in [0.2, 0.25) is 0 Å². The molecular formula is C27H21F8O7S2+. The van der Waals surface area contributed by atoms with Gasteiger partial charge in [-0.25, -0.2) is 4.79 Å². The maximum Gasteiger partial charge on any atom is 0.466 e. The Kier molecular flexibility index (Phi) is 8.86. The SMILES string of the molecule is CC1(c2cccc([S+](c3ccccc3)c3ccc(OC(=O)C(F)(F)S(=O)(=O)O)cc3)c2)OCC(F)(F)C(F)(F)C(F)(F)CO1. The number of halogens is 8. The van der Waals surface area contributed by atoms with Gasteiger partial charge in [-0.1, -0.05) is 30.3 Å². The second-order valence-electron chi connectivity index (χ2n) is 9.51. The molecule has 1 aliphatic heterocycles. The molecule has 1 N–H and O–H groups in total. The lowest BCUT2D eigenvalue weighted by Gasteiger charge is -2.40. The van der Waals surface area contributed by atoms with Gasteiger partial charge in [-0.3, -0.25) is 4.55 Å². The summed E-state index contributed by atoms with van der Waals surface area (Å²) in [5, 5.41) is -5.23. The maximum atomic E-state index is 14.1. The standard InChI is InChI=1S/C27H20F8O7S2/c1-23(40-15-24(28,29)27(34,35)25(30,31)16-41-23)17-6-5-9-21(14-17)43(19-7-3-2-4-8-19)20-12-10-18(11-13-20)42-22(36)26(32,33)44(37,38)39/h2-14H,15-16H2,1H3/p+1. The molecule has 0 aromatic heterocycles. The van der Waals surface area contributed by atoms with Crippen LogP contribution in [0.3, 0.4) is 0 Å². The molecule has 238 valence electrons. The minimum absolute atomic E-state index is 0.0711. The summed E-state index contributed by atoms with van der Waals surface area (Å²) in [4.78, 5) is 13.1. The van der Waals surface area contributed by atoms with Crippen LogP contribution in [0.15, 0.2) is 93.5 Å². The summed E-state index contributed by atoms with van der Waals surface area (Å²) in [6, 6.07) is 18.9. The fraction of sp³-hybridized carbons (Fsp3) is 0.296. The molecule has 0 radical (unpaired) electrons. The molecule has 1 saturated heterocycles. The van der Waals surface area contributed by atoms with Crippen molar-refractivity contribution in [2.75, 3.05) is 13.2 Å². The summed E-state index contributed by atoms with van der Waals surface area (Å²) < 4.78 is 156. The van der Waals surface area contributed by atoms with E-state index in [9.17, 15) is 48.3 Å². The van der Waals surface area contributed by atoms with Crippen molar-refractivity contribution in [2.24, 2.45) is 0 Å². The highest BCUT2D eigenvalue weighted by molar-refractivity contribution is 7.97. The average Bonchev–Trinajstić information content (AvgIpc) is 2.96. The Bertz CT molecular complexity index is 1600. The van der Waals surface area contributed by atoms with Crippen molar-refractivity contribution in [1.29, 1.82) is 0 Å². The first-order valence-corrected chi connectivity index (χ1v) is 14.9. The molecule has 0 aliphatic carbocycles. The Balaban J connectivity index is 1.70. The first-order chi connectivity index (χ1) is 20.2. The van der Waals surface area contributed by atoms with Crippen LogP contribution in [0.4, 0.5) is 35.1 Å². The lowest BCUT2D eigenvalue weighted by atomic mass is 10.0. The van der Waals surface area contributed by atoms with Gasteiger partial charge in [-0.15, -0.1) is 0 Å². The smallest absolute Gasteiger partial charge is 0.421 e. The van der Waals surface area contributed by atoms with Gasteiger partial charge in [0.1, 0.15) is 19.0 Å². The van der Waals surface area contributed by atoms with Crippen LogP contribution >= 0.6 is 0 Å². The van der Waals surface area contributed by atoms with Crippen LogP contribution in [0.5, 0.6) is 5.75 Å². The monoisotopic (exact) mass is 673 g/mol. The van der Waals surface area contributed by atoms with Crippen molar-refractivity contribution in [1.82, 2.24) is 0 Å². The Morgan fingerprint density at radius 3 is 1.84 bits per heavy atom. The molecule has 0 amide bonds. The molecule has 1 heterocycles. The second kappa shape index (κ2) is 11.6. The normalized spacial score (nSPS) is 20.1. The number of ether oxygens (including phenoxy) is 3. The highest BCUT2D eigenvalue weighted by atomic mass is 32.2. The third kappa shape index (κ3) is 6.28. The van der Waals surface area contributed by atoms with E-state index in [0.717, 1.165) is 19.1 Å². The number of alkyl halides is 8. The number of esters is 1. The van der Waals surface area contributed by atoms with E-state index in [0.29, 0.717) is 14.7 Å². The number of carbonyl (C=O) groups is 1. The minimum atomic E-state index is -6.10. The lowest BCUT2D eigenvalue weighted by Crippen LogP contribution is -2.61. The molecular weight excluding hydrogens is 652 g/mol. The first-order valence-electron chi connectivity index (χ1n) is 12.2. The van der Waals surface area contributed by atoms with Crippen LogP contribution in [-0.4, -0.2) is 55.2 Å². The predicted molar refractivity (Wildman–Crippen MR) is 138 cm³/mol. The second-order valence-corrected chi connectivity index (χ2v) is 13.0. The number of hydrogen-bond acceptors (Lipinski definition) is 6. The van der Waals surface area contributed by atoms with Crippen LogP contribution in [0.25, 0.3) is 0 Å². The van der Waals surface area contributed by atoms with Crippen LogP contribution in [0.1, 0.15) is 12.5 Å². The van der Waals surface area contributed by atoms with Gasteiger partial charge in [0, 0.05) is 11.6 Å². The largest absolute Gasteiger partial charge is 0.466 e. The quantitative estimate of drug-likeness (QED) is 0.104. The van der Waals surface area contributed by atoms with Crippen molar-refractivity contribution >= 4 is 27.0 Å². The summed E-state index contributed by atoms with van der Waals surface area (Å²) in [6.07, 6.45) is 0. The number of rotatable bonds is 7. The van der Waals surface area contributed by atoms with Gasteiger partial charge in [0.2, 0.25) is 0 Å². The van der Waals surface area contributed by atoms with Gasteiger partial charge in [-0.05, 0) is 49.4 Å². The molecule has 4 rings (SSSR count). The summed E-state index contributed by atoms with van der Waals surface area (Å²) in [5.74, 6) is -21.6. The van der Waals surface area contributed by atoms with E-state index >= 15 is 0 Å². The zero-order valence-corrected chi connectivity index (χ0v) is 23.8. The highest BCUT2D eigenvalue weighted by Crippen LogP contribution is 2.49. The van der Waals surface area contributed by atoms with Crippen LogP contribution < -0.4 is 4.74 Å². The van der Waals surface area contributed by atoms with Gasteiger partial charge >= 0.3 is 39.1 Å². The van der Waals surface area contributed by atoms with E-state index in [2.05, 4.69) is 4.74 Å². The van der Waals surface area contributed by atoms with Crippen molar-refractivity contribution in [2.45, 2.75) is 50.4 Å². The molecule has 7 nitrogen and oxygen atoms in total. The molecule has 1 unspecified atom stereocenters.